The molecule has 1 aromatic rings. The van der Waals surface area contributed by atoms with Crippen molar-refractivity contribution < 1.29 is 29.0 Å². The van der Waals surface area contributed by atoms with Gasteiger partial charge in [0.25, 0.3) is 5.91 Å². The average Bonchev–Trinajstić information content (AvgIpc) is 2.85. The van der Waals surface area contributed by atoms with Crippen LogP contribution < -0.4 is 22.1 Å². The van der Waals surface area contributed by atoms with E-state index in [1.54, 1.807) is 13.8 Å². The Kier molecular flexibility index (Phi) is 16.8. The first-order valence-corrected chi connectivity index (χ1v) is 13.2. The molecule has 0 heterocycles. The molecular formula is C28H47ClN4O6. The molecule has 222 valence electrons. The van der Waals surface area contributed by atoms with Gasteiger partial charge >= 0.3 is 5.97 Å². The number of rotatable bonds is 16. The zero-order valence-electron chi connectivity index (χ0n) is 23.9. The van der Waals surface area contributed by atoms with E-state index < -0.39 is 48.1 Å². The zero-order valence-corrected chi connectivity index (χ0v) is 24.7. The van der Waals surface area contributed by atoms with Crippen LogP contribution in [0.5, 0.6) is 0 Å². The summed E-state index contributed by atoms with van der Waals surface area (Å²) < 4.78 is 4.84. The first-order chi connectivity index (χ1) is 17.8. The van der Waals surface area contributed by atoms with Gasteiger partial charge in [-0.3, -0.25) is 14.4 Å². The highest BCUT2D eigenvalue weighted by atomic mass is 35.5. The number of ketones is 1. The molecule has 0 aliphatic carbocycles. The van der Waals surface area contributed by atoms with Crippen molar-refractivity contribution in [3.63, 3.8) is 0 Å². The molecule has 39 heavy (non-hydrogen) atoms. The van der Waals surface area contributed by atoms with Gasteiger partial charge in [-0.2, -0.15) is 0 Å². The van der Waals surface area contributed by atoms with Gasteiger partial charge in [0.15, 0.2) is 0 Å². The predicted molar refractivity (Wildman–Crippen MR) is 153 cm³/mol. The SMILES string of the molecule is COC(=O)[C@H](Cc1ccccc1)NC(=O)[C@@H](NC(=O)[C@@H](O)[C@@H](N)CC(C)CC(=O)[C@@H](N)CC(C)C)C(C)C.Cl. The second kappa shape index (κ2) is 17.9. The molecule has 7 N–H and O–H groups in total. The largest absolute Gasteiger partial charge is 0.467 e. The van der Waals surface area contributed by atoms with Gasteiger partial charge in [0.05, 0.1) is 13.2 Å². The number of nitrogens with two attached hydrogens (primary N) is 2. The Hall–Kier alpha value is -2.53. The smallest absolute Gasteiger partial charge is 0.328 e. The maximum absolute atomic E-state index is 13.1. The maximum atomic E-state index is 13.1. The van der Waals surface area contributed by atoms with E-state index in [2.05, 4.69) is 10.6 Å². The third-order valence-corrected chi connectivity index (χ3v) is 6.37. The fourth-order valence-electron chi connectivity index (χ4n) is 4.23. The molecule has 0 radical (unpaired) electrons. The van der Waals surface area contributed by atoms with Crippen LogP contribution in [-0.2, 0) is 30.3 Å². The summed E-state index contributed by atoms with van der Waals surface area (Å²) in [5.41, 5.74) is 12.9. The Balaban J connectivity index is 0.0000144. The van der Waals surface area contributed by atoms with E-state index in [9.17, 15) is 24.3 Å². The summed E-state index contributed by atoms with van der Waals surface area (Å²) in [5.74, 6) is -2.33. The predicted octanol–water partition coefficient (Wildman–Crippen LogP) is 1.50. The van der Waals surface area contributed by atoms with Crippen LogP contribution >= 0.6 is 12.4 Å². The summed E-state index contributed by atoms with van der Waals surface area (Å²) in [7, 11) is 1.23. The Morgan fingerprint density at radius 3 is 2.03 bits per heavy atom. The Morgan fingerprint density at radius 2 is 1.51 bits per heavy atom. The van der Waals surface area contributed by atoms with E-state index >= 15 is 0 Å². The van der Waals surface area contributed by atoms with Crippen LogP contribution in [0.2, 0.25) is 0 Å². The molecule has 1 unspecified atom stereocenters. The highest BCUT2D eigenvalue weighted by Gasteiger charge is 2.33. The fraction of sp³-hybridized carbons (Fsp3) is 0.643. The third-order valence-electron chi connectivity index (χ3n) is 6.37. The molecule has 0 spiro atoms. The highest BCUT2D eigenvalue weighted by molar-refractivity contribution is 5.92. The number of carbonyl (C=O) groups is 4. The molecule has 0 saturated heterocycles. The van der Waals surface area contributed by atoms with Crippen LogP contribution in [0.15, 0.2) is 30.3 Å². The van der Waals surface area contributed by atoms with Crippen molar-refractivity contribution >= 4 is 36.0 Å². The van der Waals surface area contributed by atoms with Crippen LogP contribution in [0.4, 0.5) is 0 Å². The molecule has 0 aliphatic rings. The molecule has 0 aromatic heterocycles. The number of benzene rings is 1. The second-order valence-corrected chi connectivity index (χ2v) is 10.9. The van der Waals surface area contributed by atoms with Crippen molar-refractivity contribution in [3.8, 4) is 0 Å². The first kappa shape index (κ1) is 36.5. The number of aliphatic hydroxyl groups is 1. The number of esters is 1. The maximum Gasteiger partial charge on any atom is 0.328 e. The minimum absolute atomic E-state index is 0. The molecule has 1 aromatic carbocycles. The summed E-state index contributed by atoms with van der Waals surface area (Å²) in [6, 6.07) is 5.66. The number of hydrogen-bond acceptors (Lipinski definition) is 8. The molecule has 6 atom stereocenters. The van der Waals surface area contributed by atoms with E-state index in [0.29, 0.717) is 12.3 Å². The third kappa shape index (κ3) is 12.9. The summed E-state index contributed by atoms with van der Waals surface area (Å²) in [4.78, 5) is 50.6. The summed E-state index contributed by atoms with van der Waals surface area (Å²) in [6.07, 6.45) is -0.378. The van der Waals surface area contributed by atoms with Gasteiger partial charge in [-0.1, -0.05) is 65.0 Å². The molecule has 0 saturated carbocycles. The van der Waals surface area contributed by atoms with E-state index in [1.807, 2.05) is 51.1 Å². The van der Waals surface area contributed by atoms with Crippen LogP contribution in [0.1, 0.15) is 59.4 Å². The minimum atomic E-state index is -1.59. The number of carbonyl (C=O) groups excluding carboxylic acids is 4. The number of hydrogen-bond donors (Lipinski definition) is 5. The molecule has 0 fully saturated rings. The number of aliphatic hydroxyl groups excluding tert-OH is 1. The lowest BCUT2D eigenvalue weighted by molar-refractivity contribution is -0.145. The Morgan fingerprint density at radius 1 is 0.923 bits per heavy atom. The first-order valence-electron chi connectivity index (χ1n) is 13.2. The number of amides is 2. The topological polar surface area (TPSA) is 174 Å². The van der Waals surface area contributed by atoms with Crippen LogP contribution in [-0.4, -0.2) is 66.1 Å². The number of methoxy groups -OCH3 is 1. The van der Waals surface area contributed by atoms with Gasteiger partial charge in [0, 0.05) is 18.9 Å². The standard InChI is InChI=1S/C28H46N4O6.ClH/c1-16(2)12-20(29)23(33)14-18(5)13-21(30)25(34)27(36)32-24(17(3)4)26(35)31-22(28(37)38-6)15-19-10-8-7-9-11-19;/h7-11,16-18,20-22,24-25,34H,12-15,29-30H2,1-6H3,(H,31,35)(H,32,36);1H/t18?,20-,21-,22-,24-,25-;/m0./s1. The van der Waals surface area contributed by atoms with Gasteiger partial charge < -0.3 is 31.9 Å². The van der Waals surface area contributed by atoms with Crippen molar-refractivity contribution in [3.05, 3.63) is 35.9 Å². The molecule has 11 heteroatoms. The van der Waals surface area contributed by atoms with E-state index in [1.165, 1.54) is 7.11 Å². The summed E-state index contributed by atoms with van der Waals surface area (Å²) in [5, 5.41) is 15.8. The molecule has 0 bridgehead atoms. The minimum Gasteiger partial charge on any atom is -0.467 e. The number of nitrogens with one attached hydrogen (secondary N) is 2. The van der Waals surface area contributed by atoms with Crippen molar-refractivity contribution in [2.24, 2.45) is 29.2 Å². The normalized spacial score (nSPS) is 15.8. The average molecular weight is 571 g/mol. The molecule has 1 rings (SSSR count). The lowest BCUT2D eigenvalue weighted by Gasteiger charge is -2.27. The van der Waals surface area contributed by atoms with Gasteiger partial charge in [0.1, 0.15) is 24.0 Å². The van der Waals surface area contributed by atoms with Gasteiger partial charge in [0.2, 0.25) is 5.91 Å². The fourth-order valence-corrected chi connectivity index (χ4v) is 4.23. The van der Waals surface area contributed by atoms with Crippen LogP contribution in [0.25, 0.3) is 0 Å². The molecule has 2 amide bonds. The molecule has 0 aliphatic heterocycles. The highest BCUT2D eigenvalue weighted by Crippen LogP contribution is 2.16. The van der Waals surface area contributed by atoms with Gasteiger partial charge in [-0.05, 0) is 36.2 Å². The van der Waals surface area contributed by atoms with Crippen molar-refractivity contribution in [2.75, 3.05) is 7.11 Å². The second-order valence-electron chi connectivity index (χ2n) is 10.9. The van der Waals surface area contributed by atoms with Crippen molar-refractivity contribution in [1.82, 2.24) is 10.6 Å². The summed E-state index contributed by atoms with van der Waals surface area (Å²) >= 11 is 0. The van der Waals surface area contributed by atoms with Gasteiger partial charge in [-0.15, -0.1) is 12.4 Å². The zero-order chi connectivity index (χ0) is 29.0. The quantitative estimate of drug-likeness (QED) is 0.186. The van der Waals surface area contributed by atoms with Crippen molar-refractivity contribution in [1.29, 1.82) is 0 Å². The summed E-state index contributed by atoms with van der Waals surface area (Å²) in [6.45, 7) is 9.26. The lowest BCUT2D eigenvalue weighted by Crippen LogP contribution is -2.57. The lowest BCUT2D eigenvalue weighted by atomic mass is 9.90. The van der Waals surface area contributed by atoms with E-state index in [-0.39, 0.29) is 49.3 Å². The van der Waals surface area contributed by atoms with Crippen molar-refractivity contribution in [2.45, 2.75) is 90.6 Å². The number of halogens is 1. The van der Waals surface area contributed by atoms with Crippen LogP contribution in [0.3, 0.4) is 0 Å². The Labute approximate surface area is 238 Å². The number of Topliss-reactive ketones (excluding diaryl/α,β-unsaturated/α-hetero) is 1. The Bertz CT molecular complexity index is 915. The van der Waals surface area contributed by atoms with E-state index in [0.717, 1.165) is 5.56 Å². The van der Waals surface area contributed by atoms with Crippen LogP contribution in [0, 0.1) is 17.8 Å². The van der Waals surface area contributed by atoms with Gasteiger partial charge in [-0.25, -0.2) is 4.79 Å². The van der Waals surface area contributed by atoms with E-state index in [4.69, 9.17) is 16.2 Å². The molecular weight excluding hydrogens is 524 g/mol. The monoisotopic (exact) mass is 570 g/mol. The molecule has 10 nitrogen and oxygen atoms in total. The number of ether oxygens (including phenoxy) is 1.